The van der Waals surface area contributed by atoms with Crippen molar-refractivity contribution in [2.75, 3.05) is 26.2 Å². The van der Waals surface area contributed by atoms with E-state index in [1.807, 2.05) is 30.3 Å². The Morgan fingerprint density at radius 2 is 1.44 bits per heavy atom. The van der Waals surface area contributed by atoms with Gasteiger partial charge in [0.25, 0.3) is 0 Å². The second-order valence-corrected chi connectivity index (χ2v) is 17.7. The Labute approximate surface area is 392 Å². The summed E-state index contributed by atoms with van der Waals surface area (Å²) in [4.78, 5) is 98.4. The van der Waals surface area contributed by atoms with E-state index in [1.54, 1.807) is 12.1 Å². The van der Waals surface area contributed by atoms with Gasteiger partial charge in [-0.3, -0.25) is 33.6 Å². The lowest BCUT2D eigenvalue weighted by Gasteiger charge is -2.33. The molecule has 2 aromatic rings. The van der Waals surface area contributed by atoms with Crippen LogP contribution in [0.15, 0.2) is 61.2 Å². The molecule has 2 aromatic carbocycles. The van der Waals surface area contributed by atoms with E-state index in [2.05, 4.69) is 27.8 Å². The molecule has 0 bridgehead atoms. The number of benzene rings is 2. The Bertz CT molecular complexity index is 2150. The molecule has 0 aliphatic carbocycles. The van der Waals surface area contributed by atoms with Crippen LogP contribution in [0.2, 0.25) is 0 Å². The summed E-state index contributed by atoms with van der Waals surface area (Å²) in [6, 6.07) is 4.90. The van der Waals surface area contributed by atoms with Crippen LogP contribution < -0.4 is 36.5 Å². The molecule has 0 radical (unpaired) electrons. The third-order valence-electron chi connectivity index (χ3n) is 12.1. The van der Waals surface area contributed by atoms with Gasteiger partial charge in [-0.15, -0.1) is 0 Å². The van der Waals surface area contributed by atoms with Gasteiger partial charge in [-0.05, 0) is 36.6 Å². The van der Waals surface area contributed by atoms with E-state index in [-0.39, 0.29) is 31.9 Å². The summed E-state index contributed by atoms with van der Waals surface area (Å²) < 4.78 is 11.9. The normalized spacial score (nSPS) is 29.2. The lowest BCUT2D eigenvalue weighted by Crippen LogP contribution is -2.64. The first-order valence-corrected chi connectivity index (χ1v) is 22.4. The van der Waals surface area contributed by atoms with Crippen molar-refractivity contribution in [3.05, 3.63) is 72.3 Å². The number of ether oxygens (including phenoxy) is 2. The standard InChI is InChI=1S/C46H63N7O15/c1-5-13-67-34-16-27(11-12-33(34)68-22-26-9-7-6-8-10-26)15-31(57)37-43(63)51-38(32(58)18-35(47)59)46(66)53-20-24(3)40(60)39(53)44(64)48-19-28(55)14-23(2)41(61)49-36(25(4)54)45(65)52-21-29(56)17-30(52)42(62)50-37/h5-12,16,23-25,28-32,36-40,54-58,60H,1,13-15,17-22H2,2-4H3,(H2,47,59)(H,48,64)(H,49,61)(H,50,62)(H,51,63)/t23-,24-,25+,28+,29+,30-,31+,32+,36-,37-,38-,39-,40-/m0/s1. The monoisotopic (exact) mass is 953 g/mol. The van der Waals surface area contributed by atoms with Crippen LogP contribution in [-0.4, -0.2) is 175 Å². The van der Waals surface area contributed by atoms with Crippen molar-refractivity contribution >= 4 is 41.4 Å². The van der Waals surface area contributed by atoms with Gasteiger partial charge in [0.2, 0.25) is 41.4 Å². The lowest BCUT2D eigenvalue weighted by atomic mass is 9.98. The fourth-order valence-electron chi connectivity index (χ4n) is 8.45. The van der Waals surface area contributed by atoms with Crippen LogP contribution in [0, 0.1) is 11.8 Å². The fourth-order valence-corrected chi connectivity index (χ4v) is 8.45. The molecule has 3 fully saturated rings. The summed E-state index contributed by atoms with van der Waals surface area (Å²) in [6.45, 7) is 6.82. The van der Waals surface area contributed by atoms with Crippen molar-refractivity contribution in [1.29, 1.82) is 0 Å². The predicted octanol–water partition coefficient (Wildman–Crippen LogP) is -3.51. The molecule has 3 saturated heterocycles. The van der Waals surface area contributed by atoms with E-state index >= 15 is 0 Å². The number of hydrogen-bond acceptors (Lipinski definition) is 15. The molecular weight excluding hydrogens is 891 g/mol. The third-order valence-corrected chi connectivity index (χ3v) is 12.1. The van der Waals surface area contributed by atoms with Gasteiger partial charge in [0.15, 0.2) is 11.5 Å². The van der Waals surface area contributed by atoms with Crippen LogP contribution in [0.5, 0.6) is 11.5 Å². The first kappa shape index (κ1) is 52.8. The van der Waals surface area contributed by atoms with Gasteiger partial charge in [0.05, 0.1) is 43.0 Å². The fraction of sp³-hybridized carbons (Fsp3) is 0.543. The highest BCUT2D eigenvalue weighted by molar-refractivity contribution is 5.98. The van der Waals surface area contributed by atoms with Crippen molar-refractivity contribution in [3.63, 3.8) is 0 Å². The zero-order valence-electron chi connectivity index (χ0n) is 38.1. The molecule has 12 N–H and O–H groups in total. The van der Waals surface area contributed by atoms with E-state index in [0.717, 1.165) is 15.4 Å². The Morgan fingerprint density at radius 3 is 2.10 bits per heavy atom. The lowest BCUT2D eigenvalue weighted by molar-refractivity contribution is -0.147. The molecule has 22 nitrogen and oxygen atoms in total. The highest BCUT2D eigenvalue weighted by Crippen LogP contribution is 2.31. The summed E-state index contributed by atoms with van der Waals surface area (Å²) in [6.07, 6.45) is -10.2. The Balaban J connectivity index is 1.56. The number of nitrogens with two attached hydrogens (primary N) is 1. The van der Waals surface area contributed by atoms with Crippen molar-refractivity contribution in [2.24, 2.45) is 17.6 Å². The van der Waals surface area contributed by atoms with Gasteiger partial charge in [-0.1, -0.05) is 62.9 Å². The van der Waals surface area contributed by atoms with Gasteiger partial charge in [-0.2, -0.15) is 0 Å². The van der Waals surface area contributed by atoms with Gasteiger partial charge >= 0.3 is 0 Å². The van der Waals surface area contributed by atoms with E-state index in [0.29, 0.717) is 11.3 Å². The molecule has 3 heterocycles. The molecule has 3 aliphatic heterocycles. The average molecular weight is 954 g/mol. The number of primary amides is 1. The molecule has 0 saturated carbocycles. The second-order valence-electron chi connectivity index (χ2n) is 17.7. The zero-order chi connectivity index (χ0) is 50.0. The maximum absolute atomic E-state index is 14.6. The van der Waals surface area contributed by atoms with Crippen LogP contribution >= 0.6 is 0 Å². The van der Waals surface area contributed by atoms with Crippen molar-refractivity contribution in [1.82, 2.24) is 31.1 Å². The van der Waals surface area contributed by atoms with Gasteiger partial charge in [0.1, 0.15) is 43.4 Å². The minimum atomic E-state index is -2.09. The second kappa shape index (κ2) is 23.7. The number of rotatable bonds is 13. The largest absolute Gasteiger partial charge is 0.486 e. The van der Waals surface area contributed by atoms with E-state index < -0.39 is 152 Å². The molecular formula is C46H63N7O15. The van der Waals surface area contributed by atoms with Crippen molar-refractivity contribution in [3.8, 4) is 11.5 Å². The Hall–Kier alpha value is -6.17. The molecule has 0 spiro atoms. The number of carbonyl (C=O) groups excluding carboxylic acids is 7. The summed E-state index contributed by atoms with van der Waals surface area (Å²) in [7, 11) is 0. The van der Waals surface area contributed by atoms with Gasteiger partial charge in [0, 0.05) is 44.3 Å². The van der Waals surface area contributed by atoms with Crippen LogP contribution in [0.3, 0.4) is 0 Å². The number of aliphatic hydroxyl groups is 6. The highest BCUT2D eigenvalue weighted by atomic mass is 16.5. The average Bonchev–Trinajstić information content (AvgIpc) is 3.84. The third kappa shape index (κ3) is 13.3. The summed E-state index contributed by atoms with van der Waals surface area (Å²) >= 11 is 0. The smallest absolute Gasteiger partial charge is 0.248 e. The molecule has 372 valence electrons. The van der Waals surface area contributed by atoms with E-state index in [1.165, 1.54) is 32.9 Å². The minimum absolute atomic E-state index is 0.0518. The van der Waals surface area contributed by atoms with Crippen LogP contribution in [0.25, 0.3) is 0 Å². The van der Waals surface area contributed by atoms with Gasteiger partial charge in [-0.25, -0.2) is 0 Å². The summed E-state index contributed by atoms with van der Waals surface area (Å²) in [5, 5.41) is 76.4. The van der Waals surface area contributed by atoms with E-state index in [4.69, 9.17) is 15.2 Å². The molecule has 22 heteroatoms. The molecule has 3 aliphatic rings. The number of hydrogen-bond donors (Lipinski definition) is 11. The quantitative estimate of drug-likeness (QED) is 0.0868. The maximum atomic E-state index is 14.6. The minimum Gasteiger partial charge on any atom is -0.486 e. The number of nitrogens with one attached hydrogen (secondary N) is 4. The zero-order valence-corrected chi connectivity index (χ0v) is 38.1. The van der Waals surface area contributed by atoms with Crippen molar-refractivity contribution in [2.45, 2.75) is 120 Å². The molecule has 68 heavy (non-hydrogen) atoms. The first-order chi connectivity index (χ1) is 32.2. The summed E-state index contributed by atoms with van der Waals surface area (Å²) in [5.74, 6) is -8.65. The predicted molar refractivity (Wildman–Crippen MR) is 240 cm³/mol. The van der Waals surface area contributed by atoms with Crippen LogP contribution in [0.1, 0.15) is 51.2 Å². The molecule has 7 amide bonds. The SMILES string of the molecule is C=CCOc1cc(C[C@@H](O)[C@@H]2NC(=O)[C@@H]3C[C@@H](O)CN3C(=O)[C@H]([C@@H](C)O)NC(=O)[C@@H](C)C[C@@H](O)CNC(=O)[C@@H]3[C@@H](O)[C@@H](C)CN3C(=O)[C@H]([C@H](O)CC(N)=O)NC2=O)ccc1OCc1ccccc1. The number of β-amino-alcohol motifs (C(OH)–C–C–N with tert-alkyl or cyclic N) is 1. The van der Waals surface area contributed by atoms with Gasteiger partial charge < -0.3 is 76.9 Å². The number of fused-ring (bicyclic) bond motifs is 2. The number of aliphatic hydroxyl groups excluding tert-OH is 6. The maximum Gasteiger partial charge on any atom is 0.248 e. The highest BCUT2D eigenvalue weighted by Gasteiger charge is 2.49. The van der Waals surface area contributed by atoms with E-state index in [9.17, 15) is 64.2 Å². The first-order valence-electron chi connectivity index (χ1n) is 22.4. The van der Waals surface area contributed by atoms with Crippen molar-refractivity contribution < 1.29 is 73.7 Å². The number of amides is 7. The molecule has 13 atom stereocenters. The Morgan fingerprint density at radius 1 is 0.779 bits per heavy atom. The van der Waals surface area contributed by atoms with Crippen LogP contribution in [-0.2, 0) is 46.6 Å². The Kier molecular flexibility index (Phi) is 18.4. The molecule has 0 unspecified atom stereocenters. The summed E-state index contributed by atoms with van der Waals surface area (Å²) in [5.41, 5.74) is 6.59. The number of nitrogens with zero attached hydrogens (tertiary/aromatic N) is 2. The van der Waals surface area contributed by atoms with Crippen LogP contribution in [0.4, 0.5) is 0 Å². The topological polar surface area (TPSA) is 340 Å². The molecule has 0 aromatic heterocycles. The number of carbonyl (C=O) groups is 7. The molecule has 5 rings (SSSR count).